The number of carbonyl (C=O) groups is 3. The maximum atomic E-state index is 12.4. The van der Waals surface area contributed by atoms with Gasteiger partial charge in [-0.15, -0.1) is 0 Å². The van der Waals surface area contributed by atoms with Crippen molar-refractivity contribution < 1.29 is 18.8 Å². The van der Waals surface area contributed by atoms with Gasteiger partial charge in [-0.1, -0.05) is 6.08 Å². The number of nitrogens with zero attached hydrogens (tertiary/aromatic N) is 2. The second-order valence-corrected chi connectivity index (χ2v) is 4.56. The van der Waals surface area contributed by atoms with E-state index in [0.717, 1.165) is 4.90 Å². The highest BCUT2D eigenvalue weighted by Crippen LogP contribution is 2.19. The average Bonchev–Trinajstić information content (AvgIpc) is 3.04. The SMILES string of the molecule is O=C1NC(=O)N(c2ccncc2)C(=O)/C1=C/C=C/c1ccco1. The number of anilines is 1. The Labute approximate surface area is 130 Å². The molecule has 3 rings (SSSR count). The number of barbiturate groups is 1. The fourth-order valence-electron chi connectivity index (χ4n) is 2.03. The first-order chi connectivity index (χ1) is 11.2. The molecule has 0 radical (unpaired) electrons. The van der Waals surface area contributed by atoms with Gasteiger partial charge in [0.05, 0.1) is 12.0 Å². The van der Waals surface area contributed by atoms with E-state index in [0.29, 0.717) is 11.4 Å². The van der Waals surface area contributed by atoms with Crippen molar-refractivity contribution in [3.63, 3.8) is 0 Å². The Morgan fingerprint density at radius 1 is 1.13 bits per heavy atom. The van der Waals surface area contributed by atoms with Crippen LogP contribution >= 0.6 is 0 Å². The summed E-state index contributed by atoms with van der Waals surface area (Å²) in [5.41, 5.74) is 0.181. The standard InChI is InChI=1S/C16H11N3O4/c20-14-13(5-1-3-12-4-2-10-23-12)15(21)19(16(22)18-14)11-6-8-17-9-7-11/h1-10H,(H,18,20,22)/b3-1+,13-5+. The molecule has 2 aromatic heterocycles. The summed E-state index contributed by atoms with van der Waals surface area (Å²) < 4.78 is 5.11. The first-order valence-electron chi connectivity index (χ1n) is 6.68. The van der Waals surface area contributed by atoms with Crippen molar-refractivity contribution in [2.75, 3.05) is 4.90 Å². The van der Waals surface area contributed by atoms with Gasteiger partial charge in [0.25, 0.3) is 11.8 Å². The lowest BCUT2D eigenvalue weighted by Gasteiger charge is -2.25. The molecular weight excluding hydrogens is 298 g/mol. The van der Waals surface area contributed by atoms with Gasteiger partial charge in [0.15, 0.2) is 0 Å². The van der Waals surface area contributed by atoms with E-state index in [2.05, 4.69) is 10.3 Å². The summed E-state index contributed by atoms with van der Waals surface area (Å²) in [5.74, 6) is -0.865. The van der Waals surface area contributed by atoms with Gasteiger partial charge in [-0.25, -0.2) is 9.69 Å². The van der Waals surface area contributed by atoms with E-state index in [9.17, 15) is 14.4 Å². The summed E-state index contributed by atoms with van der Waals surface area (Å²) in [7, 11) is 0. The molecule has 0 aromatic carbocycles. The molecule has 7 heteroatoms. The highest BCUT2D eigenvalue weighted by Gasteiger charge is 2.36. The third kappa shape index (κ3) is 2.93. The highest BCUT2D eigenvalue weighted by molar-refractivity contribution is 6.37. The molecule has 1 fully saturated rings. The molecule has 3 heterocycles. The summed E-state index contributed by atoms with van der Waals surface area (Å²) in [6.45, 7) is 0. The van der Waals surface area contributed by atoms with Gasteiger partial charge in [0, 0.05) is 12.4 Å². The molecule has 2 aromatic rings. The molecule has 1 aliphatic rings. The predicted molar refractivity (Wildman–Crippen MR) is 81.1 cm³/mol. The summed E-state index contributed by atoms with van der Waals surface area (Å²) >= 11 is 0. The minimum Gasteiger partial charge on any atom is -0.465 e. The van der Waals surface area contributed by atoms with Crippen LogP contribution in [0, 0.1) is 0 Å². The second-order valence-electron chi connectivity index (χ2n) is 4.56. The maximum Gasteiger partial charge on any atom is 0.335 e. The van der Waals surface area contributed by atoms with Gasteiger partial charge in [0.2, 0.25) is 0 Å². The maximum absolute atomic E-state index is 12.4. The summed E-state index contributed by atoms with van der Waals surface area (Å²) in [6, 6.07) is 5.66. The molecule has 114 valence electrons. The smallest absolute Gasteiger partial charge is 0.335 e. The van der Waals surface area contributed by atoms with Gasteiger partial charge in [-0.2, -0.15) is 0 Å². The molecule has 7 nitrogen and oxygen atoms in total. The highest BCUT2D eigenvalue weighted by atomic mass is 16.3. The Morgan fingerprint density at radius 3 is 2.61 bits per heavy atom. The molecule has 0 saturated carbocycles. The zero-order valence-electron chi connectivity index (χ0n) is 11.8. The van der Waals surface area contributed by atoms with E-state index in [1.165, 1.54) is 42.9 Å². The fourth-order valence-corrected chi connectivity index (χ4v) is 2.03. The van der Waals surface area contributed by atoms with Crippen LogP contribution in [0.3, 0.4) is 0 Å². The summed E-state index contributed by atoms with van der Waals surface area (Å²) in [4.78, 5) is 40.9. The molecular formula is C16H11N3O4. The monoisotopic (exact) mass is 309 g/mol. The van der Waals surface area contributed by atoms with E-state index in [-0.39, 0.29) is 5.57 Å². The molecule has 0 bridgehead atoms. The number of pyridine rings is 1. The molecule has 0 aliphatic carbocycles. The lowest BCUT2D eigenvalue weighted by molar-refractivity contribution is -0.122. The molecule has 23 heavy (non-hydrogen) atoms. The van der Waals surface area contributed by atoms with Gasteiger partial charge in [-0.3, -0.25) is 19.9 Å². The lowest BCUT2D eigenvalue weighted by Crippen LogP contribution is -2.54. The second kappa shape index (κ2) is 6.10. The number of carbonyl (C=O) groups excluding carboxylic acids is 3. The van der Waals surface area contributed by atoms with Gasteiger partial charge in [-0.05, 0) is 36.4 Å². The van der Waals surface area contributed by atoms with Crippen LogP contribution < -0.4 is 10.2 Å². The Bertz CT molecular complexity index is 807. The quantitative estimate of drug-likeness (QED) is 0.690. The van der Waals surface area contributed by atoms with Crippen molar-refractivity contribution in [3.8, 4) is 0 Å². The van der Waals surface area contributed by atoms with Crippen molar-refractivity contribution in [1.29, 1.82) is 0 Å². The average molecular weight is 309 g/mol. The van der Waals surface area contributed by atoms with E-state index >= 15 is 0 Å². The Hall–Kier alpha value is -3.48. The normalized spacial score (nSPS) is 17.1. The molecule has 0 atom stereocenters. The number of rotatable bonds is 3. The predicted octanol–water partition coefficient (Wildman–Crippen LogP) is 1.90. The number of allylic oxidation sites excluding steroid dienone is 2. The summed E-state index contributed by atoms with van der Waals surface area (Å²) in [6.07, 6.45) is 8.85. The molecule has 0 spiro atoms. The number of furan rings is 1. The largest absolute Gasteiger partial charge is 0.465 e. The summed E-state index contributed by atoms with van der Waals surface area (Å²) in [5, 5.41) is 2.13. The van der Waals surface area contributed by atoms with Crippen molar-refractivity contribution in [2.45, 2.75) is 0 Å². The van der Waals surface area contributed by atoms with Crippen LogP contribution in [0.2, 0.25) is 0 Å². The van der Waals surface area contributed by atoms with Crippen LogP contribution in [0.5, 0.6) is 0 Å². The topological polar surface area (TPSA) is 92.5 Å². The third-order valence-corrected chi connectivity index (χ3v) is 3.09. The first-order valence-corrected chi connectivity index (χ1v) is 6.68. The number of aromatic nitrogens is 1. The number of urea groups is 1. The zero-order chi connectivity index (χ0) is 16.2. The van der Waals surface area contributed by atoms with Crippen LogP contribution in [-0.4, -0.2) is 22.8 Å². The van der Waals surface area contributed by atoms with Crippen LogP contribution in [0.4, 0.5) is 10.5 Å². The van der Waals surface area contributed by atoms with Crippen LogP contribution in [0.25, 0.3) is 6.08 Å². The van der Waals surface area contributed by atoms with Crippen LogP contribution in [0.15, 0.2) is 65.1 Å². The molecule has 1 saturated heterocycles. The van der Waals surface area contributed by atoms with Crippen molar-refractivity contribution in [2.24, 2.45) is 0 Å². The van der Waals surface area contributed by atoms with Crippen molar-refractivity contribution in [1.82, 2.24) is 10.3 Å². The van der Waals surface area contributed by atoms with E-state index in [1.54, 1.807) is 18.2 Å². The molecule has 0 unspecified atom stereocenters. The number of nitrogens with one attached hydrogen (secondary N) is 1. The zero-order valence-corrected chi connectivity index (χ0v) is 11.8. The number of hydrogen-bond acceptors (Lipinski definition) is 5. The number of imide groups is 2. The third-order valence-electron chi connectivity index (χ3n) is 3.09. The number of amides is 4. The van der Waals surface area contributed by atoms with Gasteiger partial charge >= 0.3 is 6.03 Å². The first kappa shape index (κ1) is 14.5. The lowest BCUT2D eigenvalue weighted by atomic mass is 10.1. The fraction of sp³-hybridized carbons (Fsp3) is 0. The van der Waals surface area contributed by atoms with E-state index in [1.807, 2.05) is 0 Å². The Morgan fingerprint density at radius 2 is 1.91 bits per heavy atom. The number of hydrogen-bond donors (Lipinski definition) is 1. The van der Waals surface area contributed by atoms with Crippen LogP contribution in [-0.2, 0) is 9.59 Å². The van der Waals surface area contributed by atoms with E-state index < -0.39 is 17.8 Å². The van der Waals surface area contributed by atoms with Crippen molar-refractivity contribution >= 4 is 29.6 Å². The van der Waals surface area contributed by atoms with Gasteiger partial charge in [0.1, 0.15) is 11.3 Å². The van der Waals surface area contributed by atoms with E-state index in [4.69, 9.17) is 4.42 Å². The minimum atomic E-state index is -0.793. The Balaban J connectivity index is 1.89. The van der Waals surface area contributed by atoms with Gasteiger partial charge < -0.3 is 4.42 Å². The van der Waals surface area contributed by atoms with Crippen molar-refractivity contribution in [3.05, 3.63) is 66.4 Å². The minimum absolute atomic E-state index is 0.149. The Kier molecular flexibility index (Phi) is 3.84. The van der Waals surface area contributed by atoms with Crippen LogP contribution in [0.1, 0.15) is 5.76 Å². The molecule has 4 amide bonds. The molecule has 1 N–H and O–H groups in total. The molecule has 1 aliphatic heterocycles.